The summed E-state index contributed by atoms with van der Waals surface area (Å²) in [6, 6.07) is 1.95. The Bertz CT molecular complexity index is 330. The highest BCUT2D eigenvalue weighted by atomic mass is 32.2. The first-order chi connectivity index (χ1) is 7.81. The van der Waals surface area contributed by atoms with Crippen LogP contribution in [-0.4, -0.2) is 29.8 Å². The first-order valence-corrected chi connectivity index (χ1v) is 6.89. The van der Waals surface area contributed by atoms with Crippen LogP contribution in [0.15, 0.2) is 11.2 Å². The molecular weight excluding hydrogens is 220 g/mol. The molecular formula is C11H18N4S. The van der Waals surface area contributed by atoms with Gasteiger partial charge in [-0.05, 0) is 18.6 Å². The number of aromatic nitrogens is 2. The maximum atomic E-state index is 4.42. The van der Waals surface area contributed by atoms with Crippen LogP contribution in [0.2, 0.25) is 0 Å². The van der Waals surface area contributed by atoms with Crippen LogP contribution in [0.4, 0.5) is 11.6 Å². The van der Waals surface area contributed by atoms with Crippen molar-refractivity contribution in [3.05, 3.63) is 6.07 Å². The van der Waals surface area contributed by atoms with E-state index in [0.717, 1.165) is 29.3 Å². The third kappa shape index (κ3) is 3.27. The molecule has 2 N–H and O–H groups in total. The maximum absolute atomic E-state index is 4.42. The number of anilines is 2. The van der Waals surface area contributed by atoms with E-state index < -0.39 is 0 Å². The maximum Gasteiger partial charge on any atom is 0.191 e. The molecule has 0 unspecified atom stereocenters. The van der Waals surface area contributed by atoms with Crippen molar-refractivity contribution >= 4 is 23.4 Å². The van der Waals surface area contributed by atoms with Gasteiger partial charge in [0.25, 0.3) is 0 Å². The summed E-state index contributed by atoms with van der Waals surface area (Å²) in [5, 5.41) is 7.22. The quantitative estimate of drug-likeness (QED) is 0.589. The second kappa shape index (κ2) is 5.39. The first-order valence-electron chi connectivity index (χ1n) is 5.66. The van der Waals surface area contributed by atoms with Gasteiger partial charge in [-0.2, -0.15) is 0 Å². The molecule has 88 valence electrons. The normalized spacial score (nSPS) is 14.9. The third-order valence-corrected chi connectivity index (χ3v) is 3.25. The highest BCUT2D eigenvalue weighted by molar-refractivity contribution is 7.98. The van der Waals surface area contributed by atoms with Crippen LogP contribution in [0.25, 0.3) is 0 Å². The number of hydrogen-bond donors (Lipinski definition) is 2. The van der Waals surface area contributed by atoms with Gasteiger partial charge in [-0.1, -0.05) is 24.6 Å². The lowest BCUT2D eigenvalue weighted by atomic mass is 10.3. The molecule has 1 heterocycles. The van der Waals surface area contributed by atoms with E-state index in [2.05, 4.69) is 20.6 Å². The monoisotopic (exact) mass is 238 g/mol. The predicted octanol–water partition coefficient (Wildman–Crippen LogP) is 2.45. The van der Waals surface area contributed by atoms with Gasteiger partial charge in [-0.3, -0.25) is 0 Å². The fraction of sp³-hybridized carbons (Fsp3) is 0.636. The molecule has 1 aliphatic carbocycles. The van der Waals surface area contributed by atoms with E-state index >= 15 is 0 Å². The van der Waals surface area contributed by atoms with Crippen molar-refractivity contribution < 1.29 is 0 Å². The minimum atomic E-state index is 0.806. The van der Waals surface area contributed by atoms with Gasteiger partial charge in [-0.15, -0.1) is 0 Å². The molecule has 16 heavy (non-hydrogen) atoms. The molecule has 5 heteroatoms. The molecule has 4 nitrogen and oxygen atoms in total. The minimum absolute atomic E-state index is 0.806. The molecule has 0 atom stereocenters. The van der Waals surface area contributed by atoms with Gasteiger partial charge < -0.3 is 10.6 Å². The van der Waals surface area contributed by atoms with Crippen LogP contribution in [0.5, 0.6) is 0 Å². The molecule has 1 saturated carbocycles. The summed E-state index contributed by atoms with van der Waals surface area (Å²) in [4.78, 5) is 8.74. The summed E-state index contributed by atoms with van der Waals surface area (Å²) in [5.41, 5.74) is 0. The van der Waals surface area contributed by atoms with E-state index in [-0.39, 0.29) is 0 Å². The molecule has 0 radical (unpaired) electrons. The van der Waals surface area contributed by atoms with Gasteiger partial charge in [0.15, 0.2) is 5.16 Å². The molecule has 1 aliphatic rings. The average molecular weight is 238 g/mol. The number of hydrogen-bond acceptors (Lipinski definition) is 5. The molecule has 1 aromatic rings. The highest BCUT2D eigenvalue weighted by Gasteiger charge is 2.20. The Kier molecular flexibility index (Phi) is 3.88. The number of nitrogens with zero attached hydrogens (tertiary/aromatic N) is 2. The summed E-state index contributed by atoms with van der Waals surface area (Å²) in [7, 11) is 1.88. The summed E-state index contributed by atoms with van der Waals surface area (Å²) in [6.45, 7) is 1.01. The fourth-order valence-corrected chi connectivity index (χ4v) is 1.93. The van der Waals surface area contributed by atoms with Crippen molar-refractivity contribution in [2.75, 3.05) is 30.5 Å². The van der Waals surface area contributed by atoms with Crippen LogP contribution in [-0.2, 0) is 0 Å². The van der Waals surface area contributed by atoms with E-state index in [1.807, 2.05) is 19.4 Å². The topological polar surface area (TPSA) is 49.8 Å². The van der Waals surface area contributed by atoms with Crippen LogP contribution < -0.4 is 10.6 Å². The zero-order valence-electron chi connectivity index (χ0n) is 9.79. The van der Waals surface area contributed by atoms with Gasteiger partial charge in [-0.25, -0.2) is 9.97 Å². The van der Waals surface area contributed by atoms with Gasteiger partial charge in [0.1, 0.15) is 11.6 Å². The highest BCUT2D eigenvalue weighted by Crippen LogP contribution is 2.32. The summed E-state index contributed by atoms with van der Waals surface area (Å²) in [6.07, 6.45) is 6.06. The standard InChI is InChI=1S/C11H18N4S/c1-12-9-7-10(15-11(14-9)16-2)13-6-5-8-3-4-8/h7-8H,3-6H2,1-2H3,(H2,12,13,14,15). The minimum Gasteiger partial charge on any atom is -0.373 e. The van der Waals surface area contributed by atoms with Crippen LogP contribution in [0.1, 0.15) is 19.3 Å². The first kappa shape index (κ1) is 11.5. The van der Waals surface area contributed by atoms with Gasteiger partial charge in [0.2, 0.25) is 0 Å². The molecule has 0 aliphatic heterocycles. The lowest BCUT2D eigenvalue weighted by molar-refractivity contribution is 0.756. The van der Waals surface area contributed by atoms with E-state index in [4.69, 9.17) is 0 Å². The van der Waals surface area contributed by atoms with Crippen LogP contribution in [0, 0.1) is 5.92 Å². The zero-order valence-corrected chi connectivity index (χ0v) is 10.6. The SMILES string of the molecule is CNc1cc(NCCC2CC2)nc(SC)n1. The second-order valence-electron chi connectivity index (χ2n) is 4.03. The lowest BCUT2D eigenvalue weighted by Crippen LogP contribution is -2.06. The largest absolute Gasteiger partial charge is 0.373 e. The van der Waals surface area contributed by atoms with E-state index in [0.29, 0.717) is 0 Å². The van der Waals surface area contributed by atoms with Crippen LogP contribution >= 0.6 is 11.8 Å². The smallest absolute Gasteiger partial charge is 0.191 e. The summed E-state index contributed by atoms with van der Waals surface area (Å²) < 4.78 is 0. The van der Waals surface area contributed by atoms with Gasteiger partial charge in [0.05, 0.1) is 0 Å². The molecule has 0 saturated heterocycles. The van der Waals surface area contributed by atoms with E-state index in [1.165, 1.54) is 19.3 Å². The second-order valence-corrected chi connectivity index (χ2v) is 4.81. The van der Waals surface area contributed by atoms with E-state index in [9.17, 15) is 0 Å². The fourth-order valence-electron chi connectivity index (χ4n) is 1.55. The molecule has 0 spiro atoms. The Morgan fingerprint density at radius 2 is 2.12 bits per heavy atom. The predicted molar refractivity (Wildman–Crippen MR) is 69.2 cm³/mol. The molecule has 0 aromatic carbocycles. The van der Waals surface area contributed by atoms with Crippen molar-refractivity contribution in [2.45, 2.75) is 24.4 Å². The Hall–Kier alpha value is -0.970. The Balaban J connectivity index is 1.94. The summed E-state index contributed by atoms with van der Waals surface area (Å²) in [5.74, 6) is 2.75. The van der Waals surface area contributed by atoms with Crippen molar-refractivity contribution in [2.24, 2.45) is 5.92 Å². The number of rotatable bonds is 6. The number of nitrogens with one attached hydrogen (secondary N) is 2. The van der Waals surface area contributed by atoms with Crippen molar-refractivity contribution in [1.82, 2.24) is 9.97 Å². The van der Waals surface area contributed by atoms with E-state index in [1.54, 1.807) is 11.8 Å². The van der Waals surface area contributed by atoms with Gasteiger partial charge >= 0.3 is 0 Å². The van der Waals surface area contributed by atoms with Crippen molar-refractivity contribution in [1.29, 1.82) is 0 Å². The van der Waals surface area contributed by atoms with Crippen molar-refractivity contribution in [3.8, 4) is 0 Å². The Morgan fingerprint density at radius 3 is 2.75 bits per heavy atom. The molecule has 1 fully saturated rings. The molecule has 2 rings (SSSR count). The van der Waals surface area contributed by atoms with Gasteiger partial charge in [0, 0.05) is 19.7 Å². The Labute approximate surface area is 101 Å². The zero-order chi connectivity index (χ0) is 11.4. The van der Waals surface area contributed by atoms with Crippen LogP contribution in [0.3, 0.4) is 0 Å². The Morgan fingerprint density at radius 1 is 1.38 bits per heavy atom. The molecule has 0 bridgehead atoms. The number of thioether (sulfide) groups is 1. The van der Waals surface area contributed by atoms with Crippen molar-refractivity contribution in [3.63, 3.8) is 0 Å². The molecule has 1 aromatic heterocycles. The third-order valence-electron chi connectivity index (χ3n) is 2.70. The molecule has 0 amide bonds. The summed E-state index contributed by atoms with van der Waals surface area (Å²) >= 11 is 1.56. The lowest BCUT2D eigenvalue weighted by Gasteiger charge is -2.08. The average Bonchev–Trinajstić information content (AvgIpc) is 3.12.